The van der Waals surface area contributed by atoms with Crippen LogP contribution in [0, 0.1) is 16.7 Å². The smallest absolute Gasteiger partial charge is 0.331 e. The quantitative estimate of drug-likeness (QED) is 0.168. The molecule has 1 aliphatic carbocycles. The van der Waals surface area contributed by atoms with E-state index in [1.165, 1.54) is 0 Å². The topological polar surface area (TPSA) is 99.1 Å². The summed E-state index contributed by atoms with van der Waals surface area (Å²) in [6, 6.07) is 4.05. The van der Waals surface area contributed by atoms with Crippen molar-refractivity contribution in [3.05, 3.63) is 34.9 Å². The first-order valence-corrected chi connectivity index (χ1v) is 15.4. The van der Waals surface area contributed by atoms with Gasteiger partial charge in [0.25, 0.3) is 0 Å². The Kier molecular flexibility index (Phi) is 9.95. The zero-order valence-electron chi connectivity index (χ0n) is 27.4. The second-order valence-electron chi connectivity index (χ2n) is 15.4. The number of esters is 2. The number of carboxylic acid groups (broad SMARTS) is 1. The number of carbonyl (C=O) groups is 3. The first-order chi connectivity index (χ1) is 19.2. The third-order valence-electron chi connectivity index (χ3n) is 8.70. The van der Waals surface area contributed by atoms with Crippen LogP contribution >= 0.6 is 0 Å². The highest BCUT2D eigenvalue weighted by Crippen LogP contribution is 2.55. The Labute approximate surface area is 252 Å². The van der Waals surface area contributed by atoms with E-state index in [0.717, 1.165) is 43.2 Å². The minimum atomic E-state index is -0.905. The predicted octanol–water partition coefficient (Wildman–Crippen LogP) is 8.13. The second kappa shape index (κ2) is 12.4. The van der Waals surface area contributed by atoms with E-state index in [2.05, 4.69) is 33.8 Å². The summed E-state index contributed by atoms with van der Waals surface area (Å²) < 4.78 is 18.1. The molecule has 3 rings (SSSR count). The second-order valence-corrected chi connectivity index (χ2v) is 15.4. The molecule has 1 aliphatic heterocycles. The first kappa shape index (κ1) is 33.7. The SMILES string of the molecule is CC(C)(C)C(=O)OCCCCCCC(C)(C)c1cc(OC(=O)C(C)(C)C)c2c(c1)OC(C)(C)[C@@H]1CC=C(C(=O)O)C[C@@H]21. The zero-order chi connectivity index (χ0) is 31.7. The van der Waals surface area contributed by atoms with Gasteiger partial charge in [0.05, 0.1) is 17.4 Å². The largest absolute Gasteiger partial charge is 0.487 e. The molecule has 0 saturated carbocycles. The van der Waals surface area contributed by atoms with Crippen LogP contribution in [0.25, 0.3) is 0 Å². The summed E-state index contributed by atoms with van der Waals surface area (Å²) in [5.41, 5.74) is 0.301. The van der Waals surface area contributed by atoms with Crippen molar-refractivity contribution in [1.82, 2.24) is 0 Å². The fraction of sp³-hybridized carbons (Fsp3) is 0.686. The number of rotatable bonds is 10. The monoisotopic (exact) mass is 584 g/mol. The molecule has 42 heavy (non-hydrogen) atoms. The Morgan fingerprint density at radius 2 is 1.55 bits per heavy atom. The maximum absolute atomic E-state index is 13.1. The van der Waals surface area contributed by atoms with Gasteiger partial charge in [0.15, 0.2) is 0 Å². The summed E-state index contributed by atoms with van der Waals surface area (Å²) in [6.07, 6.45) is 7.52. The van der Waals surface area contributed by atoms with Crippen molar-refractivity contribution in [3.8, 4) is 11.5 Å². The van der Waals surface area contributed by atoms with Crippen molar-refractivity contribution in [2.75, 3.05) is 6.61 Å². The molecule has 0 radical (unpaired) electrons. The number of hydrogen-bond donors (Lipinski definition) is 1. The lowest BCUT2D eigenvalue weighted by Crippen LogP contribution is -2.46. The lowest BCUT2D eigenvalue weighted by atomic mass is 9.66. The number of hydrogen-bond acceptors (Lipinski definition) is 6. The number of fused-ring (bicyclic) bond motifs is 3. The summed E-state index contributed by atoms with van der Waals surface area (Å²) in [7, 11) is 0. The van der Waals surface area contributed by atoms with Gasteiger partial charge in [-0.2, -0.15) is 0 Å². The average Bonchev–Trinajstić information content (AvgIpc) is 2.85. The third-order valence-corrected chi connectivity index (χ3v) is 8.70. The lowest BCUT2D eigenvalue weighted by molar-refractivity contribution is -0.153. The number of aliphatic carboxylic acids is 1. The van der Waals surface area contributed by atoms with Crippen LogP contribution in [0.5, 0.6) is 11.5 Å². The van der Waals surface area contributed by atoms with Gasteiger partial charge in [0.1, 0.15) is 17.1 Å². The van der Waals surface area contributed by atoms with Crippen molar-refractivity contribution in [2.45, 2.75) is 131 Å². The van der Waals surface area contributed by atoms with Crippen LogP contribution in [0.1, 0.15) is 131 Å². The zero-order valence-corrected chi connectivity index (χ0v) is 27.4. The van der Waals surface area contributed by atoms with Gasteiger partial charge in [0.2, 0.25) is 0 Å². The van der Waals surface area contributed by atoms with E-state index in [-0.39, 0.29) is 29.2 Å². The number of carboxylic acids is 1. The maximum Gasteiger partial charge on any atom is 0.331 e. The van der Waals surface area contributed by atoms with Gasteiger partial charge in [0, 0.05) is 23.0 Å². The highest BCUT2D eigenvalue weighted by molar-refractivity contribution is 5.87. The van der Waals surface area contributed by atoms with Gasteiger partial charge >= 0.3 is 17.9 Å². The van der Waals surface area contributed by atoms with Crippen LogP contribution in [-0.4, -0.2) is 35.2 Å². The predicted molar refractivity (Wildman–Crippen MR) is 164 cm³/mol. The fourth-order valence-corrected chi connectivity index (χ4v) is 5.83. The van der Waals surface area contributed by atoms with E-state index in [9.17, 15) is 19.5 Å². The van der Waals surface area contributed by atoms with Gasteiger partial charge in [-0.05, 0) is 104 Å². The normalized spacial score (nSPS) is 20.0. The molecular weight excluding hydrogens is 532 g/mol. The Hall–Kier alpha value is -2.83. The molecule has 7 heteroatoms. The molecule has 0 saturated heterocycles. The Balaban J connectivity index is 1.84. The van der Waals surface area contributed by atoms with Crippen molar-refractivity contribution >= 4 is 17.9 Å². The van der Waals surface area contributed by atoms with Crippen LogP contribution in [0.3, 0.4) is 0 Å². The summed E-state index contributed by atoms with van der Waals surface area (Å²) >= 11 is 0. The molecule has 0 spiro atoms. The third kappa shape index (κ3) is 7.96. The molecule has 0 unspecified atom stereocenters. The molecule has 234 valence electrons. The molecule has 2 aliphatic rings. The minimum absolute atomic E-state index is 0.0571. The van der Waals surface area contributed by atoms with Gasteiger partial charge in [-0.15, -0.1) is 0 Å². The number of unbranched alkanes of at least 4 members (excludes halogenated alkanes) is 3. The molecule has 0 aromatic heterocycles. The maximum atomic E-state index is 13.1. The number of ether oxygens (including phenoxy) is 3. The molecule has 1 N–H and O–H groups in total. The van der Waals surface area contributed by atoms with Crippen LogP contribution in [-0.2, 0) is 24.5 Å². The summed E-state index contributed by atoms with van der Waals surface area (Å²) in [6.45, 7) is 20.0. The lowest BCUT2D eigenvalue weighted by Gasteiger charge is -2.47. The summed E-state index contributed by atoms with van der Waals surface area (Å²) in [5.74, 6) is -0.326. The van der Waals surface area contributed by atoms with Crippen LogP contribution in [0.15, 0.2) is 23.8 Å². The Morgan fingerprint density at radius 3 is 2.14 bits per heavy atom. The van der Waals surface area contributed by atoms with E-state index in [1.807, 2.05) is 53.7 Å². The Bertz CT molecular complexity index is 1210. The summed E-state index contributed by atoms with van der Waals surface area (Å²) in [5, 5.41) is 9.78. The fourth-order valence-electron chi connectivity index (χ4n) is 5.83. The van der Waals surface area contributed by atoms with Crippen molar-refractivity contribution in [2.24, 2.45) is 16.7 Å². The standard InChI is InChI=1S/C35H52O7/c1-32(2,3)30(38)40-18-14-12-11-13-17-34(7,8)23-20-26(41-31(39)33(4,5)6)28-24-19-22(29(36)37)15-16-25(24)35(9,10)42-27(28)21-23/h15,20-21,24-25H,11-14,16-19H2,1-10H3,(H,36,37)/t24-,25-/m1/s1. The van der Waals surface area contributed by atoms with Crippen LogP contribution in [0.2, 0.25) is 0 Å². The molecule has 7 nitrogen and oxygen atoms in total. The van der Waals surface area contributed by atoms with E-state index in [4.69, 9.17) is 14.2 Å². The number of benzene rings is 1. The van der Waals surface area contributed by atoms with Crippen LogP contribution < -0.4 is 9.47 Å². The van der Waals surface area contributed by atoms with Gasteiger partial charge in [-0.3, -0.25) is 9.59 Å². The highest BCUT2D eigenvalue weighted by atomic mass is 16.5. The minimum Gasteiger partial charge on any atom is -0.487 e. The molecule has 0 bridgehead atoms. The molecular formula is C35H52O7. The molecule has 0 fully saturated rings. The van der Waals surface area contributed by atoms with Gasteiger partial charge in [-0.25, -0.2) is 4.79 Å². The average molecular weight is 585 g/mol. The molecule has 2 atom stereocenters. The summed E-state index contributed by atoms with van der Waals surface area (Å²) in [4.78, 5) is 37.0. The highest BCUT2D eigenvalue weighted by Gasteiger charge is 2.47. The van der Waals surface area contributed by atoms with Gasteiger partial charge < -0.3 is 19.3 Å². The Morgan fingerprint density at radius 1 is 0.929 bits per heavy atom. The van der Waals surface area contributed by atoms with Crippen molar-refractivity contribution < 1.29 is 33.7 Å². The molecule has 1 aromatic carbocycles. The molecule has 1 heterocycles. The number of allylic oxidation sites excluding steroid dienone is 1. The van der Waals surface area contributed by atoms with Crippen molar-refractivity contribution in [1.29, 1.82) is 0 Å². The number of carbonyl (C=O) groups excluding carboxylic acids is 2. The van der Waals surface area contributed by atoms with Crippen molar-refractivity contribution in [3.63, 3.8) is 0 Å². The molecule has 1 aromatic rings. The van der Waals surface area contributed by atoms with E-state index in [1.54, 1.807) is 0 Å². The first-order valence-electron chi connectivity index (χ1n) is 15.4. The molecule has 0 amide bonds. The van der Waals surface area contributed by atoms with E-state index < -0.39 is 22.4 Å². The van der Waals surface area contributed by atoms with E-state index in [0.29, 0.717) is 36.5 Å². The van der Waals surface area contributed by atoms with Gasteiger partial charge in [-0.1, -0.05) is 39.2 Å². The van der Waals surface area contributed by atoms with E-state index >= 15 is 0 Å². The van der Waals surface area contributed by atoms with Crippen LogP contribution in [0.4, 0.5) is 0 Å².